The zero-order valence-corrected chi connectivity index (χ0v) is 16.4. The average molecular weight is 390 g/mol. The summed E-state index contributed by atoms with van der Waals surface area (Å²) in [6.45, 7) is 8.25. The van der Waals surface area contributed by atoms with Gasteiger partial charge in [-0.3, -0.25) is 9.78 Å². The fraction of sp³-hybridized carbons (Fsp3) is 0.300. The number of aryl methyl sites for hydroxylation is 1. The zero-order chi connectivity index (χ0) is 20.0. The van der Waals surface area contributed by atoms with Crippen LogP contribution in [0.5, 0.6) is 0 Å². The maximum absolute atomic E-state index is 5.62. The topological polar surface area (TPSA) is 89.2 Å². The third kappa shape index (κ3) is 2.82. The van der Waals surface area contributed by atoms with Gasteiger partial charge in [0.2, 0.25) is 0 Å². The first-order chi connectivity index (χ1) is 14.2. The Labute approximate surface area is 167 Å². The molecule has 0 aliphatic carbocycles. The number of nitrogens with one attached hydrogen (secondary N) is 1. The summed E-state index contributed by atoms with van der Waals surface area (Å²) in [6, 6.07) is 6.22. The predicted octanol–water partition coefficient (Wildman–Crippen LogP) is 2.39. The van der Waals surface area contributed by atoms with Gasteiger partial charge in [0, 0.05) is 31.5 Å². The normalized spacial score (nSPS) is 17.2. The van der Waals surface area contributed by atoms with Crippen LogP contribution in [0.3, 0.4) is 0 Å². The first kappa shape index (κ1) is 17.6. The van der Waals surface area contributed by atoms with Crippen LogP contribution < -0.4 is 4.90 Å². The number of nitrogens with zero attached hydrogens (tertiary/aromatic N) is 7. The fourth-order valence-corrected chi connectivity index (χ4v) is 3.85. The van der Waals surface area contributed by atoms with Crippen molar-refractivity contribution in [3.05, 3.63) is 42.9 Å². The number of rotatable bonds is 4. The first-order valence-electron chi connectivity index (χ1n) is 9.56. The molecule has 0 bridgehead atoms. The van der Waals surface area contributed by atoms with E-state index in [9.17, 15) is 0 Å². The van der Waals surface area contributed by atoms with E-state index in [1.807, 2.05) is 28.4 Å². The monoisotopic (exact) mass is 390 g/mol. The molecule has 1 atom stereocenters. The summed E-state index contributed by atoms with van der Waals surface area (Å²) >= 11 is 0. The molecule has 1 saturated heterocycles. The van der Waals surface area contributed by atoms with Gasteiger partial charge in [-0.05, 0) is 31.2 Å². The maximum atomic E-state index is 5.62. The minimum Gasteiger partial charge on any atom is -0.377 e. The quantitative estimate of drug-likeness (QED) is 0.576. The highest BCUT2D eigenvalue weighted by molar-refractivity contribution is 5.87. The summed E-state index contributed by atoms with van der Waals surface area (Å²) in [6.07, 6.45) is 5.26. The molecule has 9 nitrogen and oxygen atoms in total. The SMILES string of the molecule is C=Cc1nc(-c2ccn[nH]2)n2nc(N3CCOC[C@H]3C)cc(-c3ccnn3C)c12. The van der Waals surface area contributed by atoms with Crippen LogP contribution >= 0.6 is 0 Å². The largest absolute Gasteiger partial charge is 0.377 e. The van der Waals surface area contributed by atoms with Gasteiger partial charge in [-0.2, -0.15) is 10.2 Å². The molecular formula is C20H22N8O. The van der Waals surface area contributed by atoms with Gasteiger partial charge in [-0.25, -0.2) is 9.50 Å². The van der Waals surface area contributed by atoms with Crippen LogP contribution in [0.15, 0.2) is 37.2 Å². The molecule has 4 aromatic rings. The molecule has 5 heterocycles. The van der Waals surface area contributed by atoms with Crippen LogP contribution in [-0.2, 0) is 11.8 Å². The van der Waals surface area contributed by atoms with Crippen molar-refractivity contribution in [2.75, 3.05) is 24.7 Å². The van der Waals surface area contributed by atoms with E-state index in [1.165, 1.54) is 0 Å². The van der Waals surface area contributed by atoms with Gasteiger partial charge in [0.1, 0.15) is 11.2 Å². The standard InChI is InChI=1S/C20H22N8O/c1-4-15-19-14(17-6-8-22-26(17)3)11-18(27-9-10-29-12-13(27)2)25-28(19)20(23-15)16-5-7-21-24-16/h4-8,11,13H,1,9-10,12H2,2-3H3,(H,21,24)/t13-/m1/s1. The Morgan fingerprint density at radius 2 is 2.21 bits per heavy atom. The summed E-state index contributed by atoms with van der Waals surface area (Å²) in [5, 5.41) is 16.4. The van der Waals surface area contributed by atoms with E-state index >= 15 is 0 Å². The molecule has 148 valence electrons. The molecule has 4 aromatic heterocycles. The molecule has 0 aromatic carbocycles. The number of imidazole rings is 1. The second-order valence-corrected chi connectivity index (χ2v) is 7.13. The molecule has 1 fully saturated rings. The molecule has 1 aliphatic heterocycles. The number of H-pyrrole nitrogens is 1. The second-order valence-electron chi connectivity index (χ2n) is 7.13. The van der Waals surface area contributed by atoms with E-state index in [1.54, 1.807) is 18.5 Å². The Balaban J connectivity index is 1.83. The van der Waals surface area contributed by atoms with Crippen LogP contribution in [0.1, 0.15) is 12.6 Å². The van der Waals surface area contributed by atoms with Gasteiger partial charge < -0.3 is 9.64 Å². The van der Waals surface area contributed by atoms with Gasteiger partial charge in [-0.15, -0.1) is 5.10 Å². The van der Waals surface area contributed by atoms with Crippen molar-refractivity contribution in [2.45, 2.75) is 13.0 Å². The molecule has 0 radical (unpaired) electrons. The molecule has 9 heteroatoms. The maximum Gasteiger partial charge on any atom is 0.180 e. The van der Waals surface area contributed by atoms with Crippen molar-refractivity contribution in [3.63, 3.8) is 0 Å². The first-order valence-corrected chi connectivity index (χ1v) is 9.56. The number of ether oxygens (including phenoxy) is 1. The Morgan fingerprint density at radius 3 is 2.90 bits per heavy atom. The lowest BCUT2D eigenvalue weighted by Gasteiger charge is -2.34. The van der Waals surface area contributed by atoms with Gasteiger partial charge in [0.05, 0.1) is 30.6 Å². The smallest absolute Gasteiger partial charge is 0.180 e. The van der Waals surface area contributed by atoms with Crippen LogP contribution in [0.25, 0.3) is 34.4 Å². The second kappa shape index (κ2) is 6.85. The lowest BCUT2D eigenvalue weighted by molar-refractivity contribution is 0.0984. The summed E-state index contributed by atoms with van der Waals surface area (Å²) < 4.78 is 9.36. The summed E-state index contributed by atoms with van der Waals surface area (Å²) in [7, 11) is 1.93. The van der Waals surface area contributed by atoms with E-state index in [0.29, 0.717) is 19.0 Å². The summed E-state index contributed by atoms with van der Waals surface area (Å²) in [4.78, 5) is 7.06. The molecule has 0 spiro atoms. The molecule has 1 aliphatic rings. The number of aromatic nitrogens is 7. The number of hydrogen-bond donors (Lipinski definition) is 1. The van der Waals surface area contributed by atoms with E-state index in [-0.39, 0.29) is 6.04 Å². The number of hydrogen-bond acceptors (Lipinski definition) is 6. The van der Waals surface area contributed by atoms with Gasteiger partial charge in [0.25, 0.3) is 0 Å². The van der Waals surface area contributed by atoms with Crippen LogP contribution in [0.4, 0.5) is 5.82 Å². The highest BCUT2D eigenvalue weighted by atomic mass is 16.5. The summed E-state index contributed by atoms with van der Waals surface area (Å²) in [5.41, 5.74) is 4.43. The molecular weight excluding hydrogens is 368 g/mol. The van der Waals surface area contributed by atoms with Crippen molar-refractivity contribution >= 4 is 17.4 Å². The summed E-state index contributed by atoms with van der Waals surface area (Å²) in [5.74, 6) is 1.57. The Kier molecular flexibility index (Phi) is 4.17. The zero-order valence-electron chi connectivity index (χ0n) is 16.4. The van der Waals surface area contributed by atoms with E-state index in [0.717, 1.165) is 40.5 Å². The number of morpholine rings is 1. The third-order valence-corrected chi connectivity index (χ3v) is 5.31. The molecule has 0 amide bonds. The van der Waals surface area contributed by atoms with Crippen molar-refractivity contribution in [3.8, 4) is 22.8 Å². The number of anilines is 1. The fourth-order valence-electron chi connectivity index (χ4n) is 3.85. The molecule has 0 saturated carbocycles. The third-order valence-electron chi connectivity index (χ3n) is 5.31. The van der Waals surface area contributed by atoms with Gasteiger partial charge >= 0.3 is 0 Å². The van der Waals surface area contributed by atoms with Crippen molar-refractivity contribution in [1.82, 2.24) is 34.6 Å². The average Bonchev–Trinajstić information content (AvgIpc) is 3.47. The van der Waals surface area contributed by atoms with E-state index in [2.05, 4.69) is 39.8 Å². The van der Waals surface area contributed by atoms with Crippen LogP contribution in [-0.4, -0.2) is 60.4 Å². The van der Waals surface area contributed by atoms with Crippen molar-refractivity contribution in [2.24, 2.45) is 7.05 Å². The Bertz CT molecular complexity index is 1170. The van der Waals surface area contributed by atoms with E-state index < -0.39 is 0 Å². The molecule has 5 rings (SSSR count). The Hall–Kier alpha value is -3.46. The molecule has 29 heavy (non-hydrogen) atoms. The Morgan fingerprint density at radius 1 is 1.31 bits per heavy atom. The minimum atomic E-state index is 0.228. The van der Waals surface area contributed by atoms with E-state index in [4.69, 9.17) is 14.8 Å². The van der Waals surface area contributed by atoms with Crippen LogP contribution in [0, 0.1) is 0 Å². The molecule has 0 unspecified atom stereocenters. The predicted molar refractivity (Wildman–Crippen MR) is 110 cm³/mol. The lowest BCUT2D eigenvalue weighted by Crippen LogP contribution is -2.44. The van der Waals surface area contributed by atoms with Crippen molar-refractivity contribution < 1.29 is 4.74 Å². The molecule has 1 N–H and O–H groups in total. The van der Waals surface area contributed by atoms with Gasteiger partial charge in [-0.1, -0.05) is 6.58 Å². The minimum absolute atomic E-state index is 0.228. The number of fused-ring (bicyclic) bond motifs is 1. The number of aromatic amines is 1. The highest BCUT2D eigenvalue weighted by Gasteiger charge is 2.25. The van der Waals surface area contributed by atoms with Gasteiger partial charge in [0.15, 0.2) is 11.6 Å². The van der Waals surface area contributed by atoms with Crippen LogP contribution in [0.2, 0.25) is 0 Å². The van der Waals surface area contributed by atoms with Crippen molar-refractivity contribution in [1.29, 1.82) is 0 Å². The lowest BCUT2D eigenvalue weighted by atomic mass is 10.1. The highest BCUT2D eigenvalue weighted by Crippen LogP contribution is 2.33.